The maximum Gasteiger partial charge on any atom is 0.246 e. The van der Waals surface area contributed by atoms with E-state index in [0.29, 0.717) is 6.42 Å². The molecule has 0 bridgehead atoms. The fourth-order valence-electron chi connectivity index (χ4n) is 2.48. The fraction of sp³-hybridized carbons (Fsp3) is 0.500. The van der Waals surface area contributed by atoms with Crippen LogP contribution < -0.4 is 0 Å². The molecule has 98 valence electrons. The lowest BCUT2D eigenvalue weighted by Crippen LogP contribution is -2.40. The van der Waals surface area contributed by atoms with E-state index in [1.807, 2.05) is 0 Å². The molecule has 0 aliphatic heterocycles. The normalized spacial score (nSPS) is 17.1. The number of nitrogens with zero attached hydrogens (tertiary/aromatic N) is 1. The van der Waals surface area contributed by atoms with Crippen LogP contribution in [-0.2, 0) is 15.0 Å². The van der Waals surface area contributed by atoms with E-state index in [4.69, 9.17) is 4.84 Å². The molecule has 0 atom stereocenters. The molecule has 18 heavy (non-hydrogen) atoms. The molecule has 1 aromatic carbocycles. The molecular formula is C14H18FNO2. The number of hydroxylamine groups is 2. The molecule has 1 saturated carbocycles. The lowest BCUT2D eigenvalue weighted by Gasteiger charge is -2.42. The van der Waals surface area contributed by atoms with Crippen molar-refractivity contribution >= 4 is 5.91 Å². The molecule has 2 rings (SSSR count). The fourth-order valence-corrected chi connectivity index (χ4v) is 2.48. The maximum atomic E-state index is 12.9. The number of carbonyl (C=O) groups is 1. The molecule has 1 aromatic rings. The van der Waals surface area contributed by atoms with Gasteiger partial charge in [-0.2, -0.15) is 0 Å². The summed E-state index contributed by atoms with van der Waals surface area (Å²) in [6.45, 7) is 0. The van der Waals surface area contributed by atoms with Crippen molar-refractivity contribution in [1.82, 2.24) is 5.06 Å². The van der Waals surface area contributed by atoms with Crippen molar-refractivity contribution in [3.05, 3.63) is 35.6 Å². The van der Waals surface area contributed by atoms with Gasteiger partial charge in [-0.25, -0.2) is 9.45 Å². The van der Waals surface area contributed by atoms with Gasteiger partial charge < -0.3 is 0 Å². The second kappa shape index (κ2) is 5.06. The molecule has 0 saturated heterocycles. The van der Waals surface area contributed by atoms with Crippen LogP contribution in [0.1, 0.15) is 31.2 Å². The van der Waals surface area contributed by atoms with Crippen molar-refractivity contribution in [3.8, 4) is 0 Å². The summed E-state index contributed by atoms with van der Waals surface area (Å²) in [6, 6.07) is 6.49. The Labute approximate surface area is 106 Å². The number of amides is 1. The summed E-state index contributed by atoms with van der Waals surface area (Å²) in [4.78, 5) is 16.9. The average Bonchev–Trinajstić information content (AvgIpc) is 2.33. The molecule has 4 heteroatoms. The Morgan fingerprint density at radius 3 is 2.44 bits per heavy atom. The summed E-state index contributed by atoms with van der Waals surface area (Å²) < 4.78 is 12.9. The van der Waals surface area contributed by atoms with Crippen LogP contribution in [0.2, 0.25) is 0 Å². The second-order valence-electron chi connectivity index (χ2n) is 4.89. The predicted octanol–water partition coefficient (Wildman–Crippen LogP) is 2.66. The van der Waals surface area contributed by atoms with E-state index in [-0.39, 0.29) is 17.1 Å². The van der Waals surface area contributed by atoms with E-state index >= 15 is 0 Å². The third-order valence-electron chi connectivity index (χ3n) is 3.88. The van der Waals surface area contributed by atoms with Crippen molar-refractivity contribution in [3.63, 3.8) is 0 Å². The molecule has 0 N–H and O–H groups in total. The average molecular weight is 251 g/mol. The van der Waals surface area contributed by atoms with Gasteiger partial charge in [0.25, 0.3) is 0 Å². The third-order valence-corrected chi connectivity index (χ3v) is 3.88. The van der Waals surface area contributed by atoms with Crippen LogP contribution in [0.4, 0.5) is 4.39 Å². The number of hydrogen-bond acceptors (Lipinski definition) is 2. The first-order chi connectivity index (χ1) is 8.57. The minimum Gasteiger partial charge on any atom is -0.275 e. The summed E-state index contributed by atoms with van der Waals surface area (Å²) in [5.41, 5.74) is 0.922. The molecule has 1 aliphatic rings. The summed E-state index contributed by atoms with van der Waals surface area (Å²) in [6.07, 6.45) is 3.48. The van der Waals surface area contributed by atoms with Gasteiger partial charge in [0.1, 0.15) is 5.82 Å². The predicted molar refractivity (Wildman–Crippen MR) is 66.3 cm³/mol. The molecule has 1 fully saturated rings. The van der Waals surface area contributed by atoms with E-state index in [0.717, 1.165) is 24.8 Å². The van der Waals surface area contributed by atoms with Crippen molar-refractivity contribution in [2.24, 2.45) is 0 Å². The minimum absolute atomic E-state index is 0.0403. The van der Waals surface area contributed by atoms with Gasteiger partial charge in [-0.05, 0) is 30.5 Å². The van der Waals surface area contributed by atoms with Crippen molar-refractivity contribution in [2.45, 2.75) is 31.1 Å². The van der Waals surface area contributed by atoms with Crippen LogP contribution in [0.3, 0.4) is 0 Å². The summed E-state index contributed by atoms with van der Waals surface area (Å²) in [5.74, 6) is -0.282. The number of rotatable bonds is 4. The van der Waals surface area contributed by atoms with E-state index in [1.165, 1.54) is 24.3 Å². The summed E-state index contributed by atoms with van der Waals surface area (Å²) in [7, 11) is 3.09. The number of halogens is 1. The van der Waals surface area contributed by atoms with Gasteiger partial charge in [-0.15, -0.1) is 0 Å². The molecule has 0 heterocycles. The van der Waals surface area contributed by atoms with Crippen LogP contribution in [0.5, 0.6) is 0 Å². The quantitative estimate of drug-likeness (QED) is 0.770. The molecular weight excluding hydrogens is 233 g/mol. The van der Waals surface area contributed by atoms with Gasteiger partial charge >= 0.3 is 0 Å². The Kier molecular flexibility index (Phi) is 3.66. The van der Waals surface area contributed by atoms with Gasteiger partial charge in [-0.1, -0.05) is 18.6 Å². The molecule has 0 spiro atoms. The first-order valence-corrected chi connectivity index (χ1v) is 6.14. The Bertz CT molecular complexity index is 426. The molecule has 1 aliphatic carbocycles. The highest BCUT2D eigenvalue weighted by Crippen LogP contribution is 2.46. The van der Waals surface area contributed by atoms with Crippen molar-refractivity contribution < 1.29 is 14.0 Å². The van der Waals surface area contributed by atoms with Crippen molar-refractivity contribution in [1.29, 1.82) is 0 Å². The zero-order valence-electron chi connectivity index (χ0n) is 10.8. The second-order valence-corrected chi connectivity index (χ2v) is 4.89. The zero-order valence-corrected chi connectivity index (χ0v) is 10.8. The van der Waals surface area contributed by atoms with Crippen LogP contribution in [0.25, 0.3) is 0 Å². The first kappa shape index (κ1) is 13.0. The largest absolute Gasteiger partial charge is 0.275 e. The number of hydrogen-bond donors (Lipinski definition) is 0. The van der Waals surface area contributed by atoms with Crippen LogP contribution in [-0.4, -0.2) is 25.1 Å². The highest BCUT2D eigenvalue weighted by Gasteiger charge is 2.41. The standard InChI is InChI=1S/C14H18FNO2/c1-16(18-2)13(17)10-14(8-3-9-14)11-4-6-12(15)7-5-11/h4-7H,3,8-10H2,1-2H3. The SMILES string of the molecule is CON(C)C(=O)CC1(c2ccc(F)cc2)CCC1. The Balaban J connectivity index is 2.16. The topological polar surface area (TPSA) is 29.5 Å². The number of carbonyl (C=O) groups excluding carboxylic acids is 1. The molecule has 0 unspecified atom stereocenters. The first-order valence-electron chi connectivity index (χ1n) is 6.14. The minimum atomic E-state index is -0.242. The lowest BCUT2D eigenvalue weighted by atomic mass is 9.62. The Hall–Kier alpha value is -1.42. The van der Waals surface area contributed by atoms with Gasteiger partial charge in [-0.3, -0.25) is 9.63 Å². The van der Waals surface area contributed by atoms with Gasteiger partial charge in [0.15, 0.2) is 0 Å². The molecule has 0 radical (unpaired) electrons. The van der Waals surface area contributed by atoms with Crippen LogP contribution in [0.15, 0.2) is 24.3 Å². The van der Waals surface area contributed by atoms with E-state index in [1.54, 1.807) is 19.2 Å². The third kappa shape index (κ3) is 2.38. The van der Waals surface area contributed by atoms with Gasteiger partial charge in [0.05, 0.1) is 7.11 Å². The van der Waals surface area contributed by atoms with E-state index in [2.05, 4.69) is 0 Å². The molecule has 0 aromatic heterocycles. The Morgan fingerprint density at radius 2 is 2.00 bits per heavy atom. The molecule has 3 nitrogen and oxygen atoms in total. The highest BCUT2D eigenvalue weighted by molar-refractivity contribution is 5.76. The smallest absolute Gasteiger partial charge is 0.246 e. The van der Waals surface area contributed by atoms with Crippen LogP contribution in [0, 0.1) is 5.82 Å². The van der Waals surface area contributed by atoms with Gasteiger partial charge in [0.2, 0.25) is 5.91 Å². The zero-order chi connectivity index (χ0) is 13.2. The number of benzene rings is 1. The van der Waals surface area contributed by atoms with Gasteiger partial charge in [0, 0.05) is 18.9 Å². The monoisotopic (exact) mass is 251 g/mol. The maximum absolute atomic E-state index is 12.9. The highest BCUT2D eigenvalue weighted by atomic mass is 19.1. The van der Waals surface area contributed by atoms with Crippen LogP contribution >= 0.6 is 0 Å². The van der Waals surface area contributed by atoms with E-state index < -0.39 is 0 Å². The molecule has 1 amide bonds. The summed E-state index contributed by atoms with van der Waals surface area (Å²) >= 11 is 0. The van der Waals surface area contributed by atoms with Crippen molar-refractivity contribution in [2.75, 3.05) is 14.2 Å². The van der Waals surface area contributed by atoms with E-state index in [9.17, 15) is 9.18 Å². The lowest BCUT2D eigenvalue weighted by molar-refractivity contribution is -0.171. The summed E-state index contributed by atoms with van der Waals surface area (Å²) in [5, 5.41) is 1.25. The Morgan fingerprint density at radius 1 is 1.39 bits per heavy atom.